The van der Waals surface area contributed by atoms with Crippen LogP contribution in [-0.4, -0.2) is 5.11 Å². The number of rotatable bonds is 0. The third-order valence-electron chi connectivity index (χ3n) is 1.27. The number of halogens is 4. The van der Waals surface area contributed by atoms with Gasteiger partial charge in [0.2, 0.25) is 0 Å². The Bertz CT molecular complexity index is 295. The maximum atomic E-state index is 12.0. The van der Waals surface area contributed by atoms with Gasteiger partial charge in [0, 0.05) is 0 Å². The molecule has 1 aromatic carbocycles. The van der Waals surface area contributed by atoms with Gasteiger partial charge in [-0.1, -0.05) is 0 Å². The molecule has 0 saturated carbocycles. The summed E-state index contributed by atoms with van der Waals surface area (Å²) in [5.74, 6) is -0.412. The van der Waals surface area contributed by atoms with Gasteiger partial charge in [-0.25, -0.2) is 0 Å². The number of phenols is 1. The van der Waals surface area contributed by atoms with E-state index in [2.05, 4.69) is 15.9 Å². The number of phenolic OH excluding ortho intramolecular Hbond substituents is 1. The van der Waals surface area contributed by atoms with E-state index in [9.17, 15) is 13.2 Å². The number of benzene rings is 1. The summed E-state index contributed by atoms with van der Waals surface area (Å²) in [5.41, 5.74) is -0.858. The monoisotopic (exact) mass is 240 g/mol. The van der Waals surface area contributed by atoms with Crippen molar-refractivity contribution in [1.82, 2.24) is 0 Å². The molecule has 0 saturated heterocycles. The van der Waals surface area contributed by atoms with Crippen LogP contribution in [0.15, 0.2) is 22.7 Å². The summed E-state index contributed by atoms with van der Waals surface area (Å²) in [6.45, 7) is 0. The van der Waals surface area contributed by atoms with Crippen molar-refractivity contribution in [3.63, 3.8) is 0 Å². The lowest BCUT2D eigenvalue weighted by atomic mass is 10.2. The molecule has 5 heteroatoms. The quantitative estimate of drug-likeness (QED) is 0.739. The van der Waals surface area contributed by atoms with Gasteiger partial charge in [0.25, 0.3) is 0 Å². The summed E-state index contributed by atoms with van der Waals surface area (Å²) in [6.07, 6.45) is -4.40. The predicted molar refractivity (Wildman–Crippen MR) is 40.8 cm³/mol. The highest BCUT2D eigenvalue weighted by Gasteiger charge is 2.30. The average Bonchev–Trinajstić information content (AvgIpc) is 1.92. The van der Waals surface area contributed by atoms with Gasteiger partial charge in [-0.3, -0.25) is 0 Å². The maximum absolute atomic E-state index is 12.0. The van der Waals surface area contributed by atoms with Crippen LogP contribution in [0.1, 0.15) is 5.56 Å². The molecule has 1 rings (SSSR count). The Balaban J connectivity index is 3.14. The minimum atomic E-state index is -4.40. The molecule has 0 aromatic heterocycles. The first-order valence-corrected chi connectivity index (χ1v) is 3.76. The Hall–Kier alpha value is -0.710. The molecule has 0 atom stereocenters. The molecular formula is C7H4BrF3O. The number of hydrogen-bond donors (Lipinski definition) is 1. The zero-order valence-electron chi connectivity index (χ0n) is 5.69. The van der Waals surface area contributed by atoms with Crippen molar-refractivity contribution < 1.29 is 18.3 Å². The molecule has 0 heterocycles. The standard InChI is InChI=1S/C7H4BrF3O/c8-5-2-1-4(3-6(5)12)7(9,10)11/h1-3,12H. The van der Waals surface area contributed by atoms with Crippen molar-refractivity contribution in [2.75, 3.05) is 0 Å². The third kappa shape index (κ3) is 1.91. The summed E-state index contributed by atoms with van der Waals surface area (Å²) in [4.78, 5) is 0. The van der Waals surface area contributed by atoms with E-state index in [-0.39, 0.29) is 4.47 Å². The topological polar surface area (TPSA) is 20.2 Å². The van der Waals surface area contributed by atoms with Gasteiger partial charge in [-0.05, 0) is 34.1 Å². The fourth-order valence-electron chi connectivity index (χ4n) is 0.689. The second-order valence-corrected chi connectivity index (χ2v) is 3.02. The highest BCUT2D eigenvalue weighted by atomic mass is 79.9. The van der Waals surface area contributed by atoms with Gasteiger partial charge >= 0.3 is 6.18 Å². The smallest absolute Gasteiger partial charge is 0.416 e. The van der Waals surface area contributed by atoms with Crippen LogP contribution in [0.4, 0.5) is 13.2 Å². The molecule has 0 spiro atoms. The van der Waals surface area contributed by atoms with Crippen LogP contribution in [0, 0.1) is 0 Å². The van der Waals surface area contributed by atoms with Gasteiger partial charge in [0.05, 0.1) is 10.0 Å². The molecule has 0 bridgehead atoms. The maximum Gasteiger partial charge on any atom is 0.416 e. The van der Waals surface area contributed by atoms with E-state index in [4.69, 9.17) is 5.11 Å². The fraction of sp³-hybridized carbons (Fsp3) is 0.143. The summed E-state index contributed by atoms with van der Waals surface area (Å²) in [6, 6.07) is 2.71. The van der Waals surface area contributed by atoms with Gasteiger partial charge in [0.15, 0.2) is 0 Å². The van der Waals surface area contributed by atoms with Crippen molar-refractivity contribution in [3.8, 4) is 5.75 Å². The lowest BCUT2D eigenvalue weighted by Gasteiger charge is -2.06. The van der Waals surface area contributed by atoms with Crippen molar-refractivity contribution >= 4 is 15.9 Å². The summed E-state index contributed by atoms with van der Waals surface area (Å²) in [5, 5.41) is 8.92. The Labute approximate surface area is 75.0 Å². The van der Waals surface area contributed by atoms with Crippen molar-refractivity contribution in [2.24, 2.45) is 0 Å². The van der Waals surface area contributed by atoms with E-state index in [0.717, 1.165) is 12.1 Å². The minimum Gasteiger partial charge on any atom is -0.507 e. The first-order chi connectivity index (χ1) is 5.41. The molecule has 0 aliphatic carbocycles. The van der Waals surface area contributed by atoms with Crippen LogP contribution < -0.4 is 0 Å². The van der Waals surface area contributed by atoms with Gasteiger partial charge < -0.3 is 5.11 Å². The molecule has 1 nitrogen and oxygen atoms in total. The molecule has 0 aliphatic rings. The Kier molecular flexibility index (Phi) is 2.32. The minimum absolute atomic E-state index is 0.246. The Morgan fingerprint density at radius 2 is 1.83 bits per heavy atom. The lowest BCUT2D eigenvalue weighted by molar-refractivity contribution is -0.137. The van der Waals surface area contributed by atoms with Crippen LogP contribution >= 0.6 is 15.9 Å². The van der Waals surface area contributed by atoms with Crippen molar-refractivity contribution in [3.05, 3.63) is 28.2 Å². The summed E-state index contributed by atoms with van der Waals surface area (Å²) >= 11 is 2.88. The molecule has 0 fully saturated rings. The Morgan fingerprint density at radius 3 is 2.25 bits per heavy atom. The molecule has 12 heavy (non-hydrogen) atoms. The summed E-state index contributed by atoms with van der Waals surface area (Å²) in [7, 11) is 0. The second-order valence-electron chi connectivity index (χ2n) is 2.16. The fourth-order valence-corrected chi connectivity index (χ4v) is 0.936. The van der Waals surface area contributed by atoms with Gasteiger partial charge in [-0.15, -0.1) is 0 Å². The Morgan fingerprint density at radius 1 is 1.25 bits per heavy atom. The predicted octanol–water partition coefficient (Wildman–Crippen LogP) is 3.17. The molecule has 0 unspecified atom stereocenters. The van der Waals surface area contributed by atoms with Crippen LogP contribution in [0.25, 0.3) is 0 Å². The SMILES string of the molecule is Oc1cc(C(F)(F)F)ccc1Br. The largest absolute Gasteiger partial charge is 0.507 e. The highest BCUT2D eigenvalue weighted by Crippen LogP contribution is 2.34. The normalized spacial score (nSPS) is 11.7. The van der Waals surface area contributed by atoms with Crippen LogP contribution in [-0.2, 0) is 6.18 Å². The molecule has 1 aromatic rings. The van der Waals surface area contributed by atoms with E-state index in [0.29, 0.717) is 6.07 Å². The zero-order valence-corrected chi connectivity index (χ0v) is 7.28. The van der Waals surface area contributed by atoms with E-state index >= 15 is 0 Å². The number of hydrogen-bond acceptors (Lipinski definition) is 1. The first-order valence-electron chi connectivity index (χ1n) is 2.97. The third-order valence-corrected chi connectivity index (χ3v) is 1.94. The van der Waals surface area contributed by atoms with Crippen LogP contribution in [0.5, 0.6) is 5.75 Å². The van der Waals surface area contributed by atoms with Crippen molar-refractivity contribution in [1.29, 1.82) is 0 Å². The first kappa shape index (κ1) is 9.38. The zero-order chi connectivity index (χ0) is 9.35. The molecule has 0 radical (unpaired) electrons. The number of aromatic hydroxyl groups is 1. The van der Waals surface area contributed by atoms with E-state index in [1.807, 2.05) is 0 Å². The highest BCUT2D eigenvalue weighted by molar-refractivity contribution is 9.10. The molecule has 1 N–H and O–H groups in total. The molecule has 66 valence electrons. The number of alkyl halides is 3. The molecule has 0 amide bonds. The van der Waals surface area contributed by atoms with Crippen molar-refractivity contribution in [2.45, 2.75) is 6.18 Å². The van der Waals surface area contributed by atoms with Gasteiger partial charge in [0.1, 0.15) is 5.75 Å². The van der Waals surface area contributed by atoms with E-state index in [1.54, 1.807) is 0 Å². The van der Waals surface area contributed by atoms with Gasteiger partial charge in [-0.2, -0.15) is 13.2 Å². The molecular weight excluding hydrogens is 237 g/mol. The lowest BCUT2D eigenvalue weighted by Crippen LogP contribution is -2.03. The van der Waals surface area contributed by atoms with Crippen LogP contribution in [0.3, 0.4) is 0 Å². The van der Waals surface area contributed by atoms with E-state index < -0.39 is 17.5 Å². The average molecular weight is 241 g/mol. The summed E-state index contributed by atoms with van der Waals surface area (Å²) < 4.78 is 36.2. The second kappa shape index (κ2) is 2.97. The molecule has 0 aliphatic heterocycles. The van der Waals surface area contributed by atoms with Crippen LogP contribution in [0.2, 0.25) is 0 Å². The van der Waals surface area contributed by atoms with E-state index in [1.165, 1.54) is 0 Å².